The van der Waals surface area contributed by atoms with Gasteiger partial charge in [-0.15, -0.1) is 0 Å². The first kappa shape index (κ1) is 12.9. The third-order valence-electron chi connectivity index (χ3n) is 3.15. The zero-order valence-electron chi connectivity index (χ0n) is 10.3. The summed E-state index contributed by atoms with van der Waals surface area (Å²) >= 11 is 12.3. The Hall–Kier alpha value is -1.10. The van der Waals surface area contributed by atoms with Gasteiger partial charge in [0.1, 0.15) is 11.5 Å². The Bertz CT molecular complexity index is 588. The van der Waals surface area contributed by atoms with Gasteiger partial charge in [-0.2, -0.15) is 0 Å². The van der Waals surface area contributed by atoms with Crippen LogP contribution in [0.5, 0.6) is 0 Å². The molecule has 0 radical (unpaired) electrons. The molecule has 1 aliphatic carbocycles. The fraction of sp³-hybridized carbons (Fsp3) is 0.385. The van der Waals surface area contributed by atoms with Crippen LogP contribution in [-0.4, -0.2) is 17.3 Å². The smallest absolute Gasteiger partial charge is 0.145 e. The van der Waals surface area contributed by atoms with Crippen LogP contribution in [0.2, 0.25) is 10.0 Å². The third kappa shape index (κ3) is 2.36. The monoisotopic (exact) mass is 298 g/mol. The first-order valence-electron chi connectivity index (χ1n) is 5.99. The van der Waals surface area contributed by atoms with Gasteiger partial charge in [0.25, 0.3) is 0 Å². The Morgan fingerprint density at radius 3 is 2.58 bits per heavy atom. The number of hydrogen-bond acceptors (Lipinski definition) is 4. The van der Waals surface area contributed by atoms with Crippen LogP contribution < -0.4 is 0 Å². The van der Waals surface area contributed by atoms with Gasteiger partial charge in [-0.3, -0.25) is 4.98 Å². The number of hydrogen-bond donors (Lipinski definition) is 0. The van der Waals surface area contributed by atoms with Crippen molar-refractivity contribution >= 4 is 23.2 Å². The van der Waals surface area contributed by atoms with E-state index in [9.17, 15) is 0 Å². The molecular formula is C13H12Cl2N2O2. The molecule has 0 bridgehead atoms. The molecule has 0 aromatic carbocycles. The number of rotatable bonds is 4. The van der Waals surface area contributed by atoms with E-state index in [-0.39, 0.29) is 0 Å². The van der Waals surface area contributed by atoms with E-state index in [0.29, 0.717) is 33.8 Å². The maximum absolute atomic E-state index is 6.17. The van der Waals surface area contributed by atoms with Crippen LogP contribution in [0.1, 0.15) is 30.1 Å². The predicted octanol–water partition coefficient (Wildman–Crippen LogP) is 4.07. The van der Waals surface area contributed by atoms with E-state index in [0.717, 1.165) is 24.2 Å². The summed E-state index contributed by atoms with van der Waals surface area (Å²) in [6, 6.07) is 0. The molecule has 2 heterocycles. The van der Waals surface area contributed by atoms with Crippen molar-refractivity contribution in [3.05, 3.63) is 33.8 Å². The lowest BCUT2D eigenvalue weighted by Crippen LogP contribution is -1.94. The minimum atomic E-state index is 0.430. The molecule has 0 atom stereocenters. The molecule has 2 aromatic rings. The van der Waals surface area contributed by atoms with E-state index in [1.54, 1.807) is 19.5 Å². The fourth-order valence-corrected chi connectivity index (χ4v) is 2.65. The molecule has 0 saturated heterocycles. The highest BCUT2D eigenvalue weighted by Gasteiger charge is 2.33. The van der Waals surface area contributed by atoms with Gasteiger partial charge in [0, 0.05) is 36.5 Å². The number of pyridine rings is 1. The molecule has 0 spiro atoms. The number of nitrogens with zero attached hydrogens (tertiary/aromatic N) is 2. The molecule has 1 aliphatic rings. The normalized spacial score (nSPS) is 14.9. The lowest BCUT2D eigenvalue weighted by atomic mass is 10.1. The summed E-state index contributed by atoms with van der Waals surface area (Å²) in [7, 11) is 1.64. The molecule has 6 heteroatoms. The highest BCUT2D eigenvalue weighted by atomic mass is 35.5. The first-order valence-corrected chi connectivity index (χ1v) is 6.74. The van der Waals surface area contributed by atoms with Crippen LogP contribution in [0.4, 0.5) is 0 Å². The molecule has 4 nitrogen and oxygen atoms in total. The minimum absolute atomic E-state index is 0.430. The van der Waals surface area contributed by atoms with E-state index in [1.807, 2.05) is 0 Å². The van der Waals surface area contributed by atoms with Gasteiger partial charge < -0.3 is 9.26 Å². The van der Waals surface area contributed by atoms with E-state index in [2.05, 4.69) is 10.1 Å². The summed E-state index contributed by atoms with van der Waals surface area (Å²) in [6.07, 6.45) is 5.35. The summed E-state index contributed by atoms with van der Waals surface area (Å²) < 4.78 is 10.7. The molecular weight excluding hydrogens is 287 g/mol. The molecule has 2 aromatic heterocycles. The van der Waals surface area contributed by atoms with E-state index in [1.165, 1.54) is 0 Å². The molecule has 0 amide bonds. The maximum atomic E-state index is 6.17. The number of aromatic nitrogens is 2. The molecule has 3 rings (SSSR count). The standard InChI is InChI=1S/C13H12Cl2N2O2/c1-18-6-8-12(17-19-13(8)7-2-3-7)11-9(14)4-16-5-10(11)15/h4-5,7H,2-3,6H2,1H3. The quantitative estimate of drug-likeness (QED) is 0.854. The molecule has 1 fully saturated rings. The van der Waals surface area contributed by atoms with Gasteiger partial charge in [-0.05, 0) is 12.8 Å². The Labute approximate surface area is 120 Å². The van der Waals surface area contributed by atoms with Crippen LogP contribution in [0.3, 0.4) is 0 Å². The third-order valence-corrected chi connectivity index (χ3v) is 3.72. The maximum Gasteiger partial charge on any atom is 0.145 e. The molecule has 1 saturated carbocycles. The fourth-order valence-electron chi connectivity index (χ4n) is 2.11. The van der Waals surface area contributed by atoms with Crippen molar-refractivity contribution in [1.82, 2.24) is 10.1 Å². The van der Waals surface area contributed by atoms with Crippen LogP contribution in [-0.2, 0) is 11.3 Å². The van der Waals surface area contributed by atoms with Gasteiger partial charge in [-0.1, -0.05) is 28.4 Å². The molecule has 100 valence electrons. The van der Waals surface area contributed by atoms with E-state index < -0.39 is 0 Å². The largest absolute Gasteiger partial charge is 0.380 e. The Kier molecular flexibility index (Phi) is 3.48. The van der Waals surface area contributed by atoms with Crippen molar-refractivity contribution in [2.45, 2.75) is 25.4 Å². The lowest BCUT2D eigenvalue weighted by Gasteiger charge is -2.06. The second-order valence-corrected chi connectivity index (χ2v) is 5.37. The topological polar surface area (TPSA) is 48.2 Å². The van der Waals surface area contributed by atoms with Gasteiger partial charge in [-0.25, -0.2) is 0 Å². The average molecular weight is 299 g/mol. The Balaban J connectivity index is 2.14. The van der Waals surface area contributed by atoms with Crippen molar-refractivity contribution in [2.75, 3.05) is 7.11 Å². The second-order valence-electron chi connectivity index (χ2n) is 4.56. The molecule has 0 unspecified atom stereocenters. The first-order chi connectivity index (χ1) is 9.22. The van der Waals surface area contributed by atoms with Crippen LogP contribution in [0.25, 0.3) is 11.3 Å². The summed E-state index contributed by atoms with van der Waals surface area (Å²) in [5, 5.41) is 5.05. The summed E-state index contributed by atoms with van der Waals surface area (Å²) in [6.45, 7) is 0.430. The van der Waals surface area contributed by atoms with Crippen molar-refractivity contribution in [2.24, 2.45) is 0 Å². The summed E-state index contributed by atoms with van der Waals surface area (Å²) in [4.78, 5) is 3.95. The zero-order valence-corrected chi connectivity index (χ0v) is 11.8. The number of methoxy groups -OCH3 is 1. The molecule has 0 N–H and O–H groups in total. The molecule has 0 aliphatic heterocycles. The lowest BCUT2D eigenvalue weighted by molar-refractivity contribution is 0.183. The predicted molar refractivity (Wildman–Crippen MR) is 72.4 cm³/mol. The van der Waals surface area contributed by atoms with E-state index in [4.69, 9.17) is 32.5 Å². The van der Waals surface area contributed by atoms with Crippen molar-refractivity contribution in [1.29, 1.82) is 0 Å². The second kappa shape index (κ2) is 5.12. The highest BCUT2D eigenvalue weighted by Crippen LogP contribution is 2.45. The van der Waals surface area contributed by atoms with Crippen molar-refractivity contribution in [3.63, 3.8) is 0 Å². The zero-order chi connectivity index (χ0) is 13.4. The van der Waals surface area contributed by atoms with Gasteiger partial charge >= 0.3 is 0 Å². The Morgan fingerprint density at radius 2 is 2.00 bits per heavy atom. The molecule has 19 heavy (non-hydrogen) atoms. The van der Waals surface area contributed by atoms with Crippen LogP contribution >= 0.6 is 23.2 Å². The summed E-state index contributed by atoms with van der Waals surface area (Å²) in [5.74, 6) is 1.34. The van der Waals surface area contributed by atoms with Crippen molar-refractivity contribution in [3.8, 4) is 11.3 Å². The average Bonchev–Trinajstić information content (AvgIpc) is 3.14. The Morgan fingerprint density at radius 1 is 1.32 bits per heavy atom. The van der Waals surface area contributed by atoms with Crippen molar-refractivity contribution < 1.29 is 9.26 Å². The highest BCUT2D eigenvalue weighted by molar-refractivity contribution is 6.38. The summed E-state index contributed by atoms with van der Waals surface area (Å²) in [5.41, 5.74) is 2.24. The van der Waals surface area contributed by atoms with Gasteiger partial charge in [0.15, 0.2) is 0 Å². The van der Waals surface area contributed by atoms with Gasteiger partial charge in [0.05, 0.1) is 16.7 Å². The van der Waals surface area contributed by atoms with Gasteiger partial charge in [0.2, 0.25) is 0 Å². The SMILES string of the molecule is COCc1c(-c2c(Cl)cncc2Cl)noc1C1CC1. The van der Waals surface area contributed by atoms with Crippen LogP contribution in [0.15, 0.2) is 16.9 Å². The minimum Gasteiger partial charge on any atom is -0.380 e. The number of ether oxygens (including phenoxy) is 1. The number of halogens is 2. The van der Waals surface area contributed by atoms with Crippen LogP contribution in [0, 0.1) is 0 Å². The van der Waals surface area contributed by atoms with E-state index >= 15 is 0 Å².